The van der Waals surface area contributed by atoms with E-state index in [1.807, 2.05) is 7.05 Å². The van der Waals surface area contributed by atoms with Gasteiger partial charge in [-0.25, -0.2) is 0 Å². The van der Waals surface area contributed by atoms with E-state index in [1.54, 1.807) is 0 Å². The van der Waals surface area contributed by atoms with Crippen molar-refractivity contribution in [2.75, 3.05) is 26.7 Å². The summed E-state index contributed by atoms with van der Waals surface area (Å²) in [4.78, 5) is 6.99. The number of hydrogen-bond donors (Lipinski definition) is 1. The molecule has 1 N–H and O–H groups in total. The molecule has 5 heteroatoms. The zero-order chi connectivity index (χ0) is 16.8. The maximum atomic E-state index is 5.46. The molecule has 1 fully saturated rings. The lowest BCUT2D eigenvalue weighted by Crippen LogP contribution is -2.34. The van der Waals surface area contributed by atoms with E-state index < -0.39 is 0 Å². The van der Waals surface area contributed by atoms with Gasteiger partial charge in [-0.2, -0.15) is 4.98 Å². The molecule has 24 heavy (non-hydrogen) atoms. The van der Waals surface area contributed by atoms with Crippen molar-refractivity contribution in [2.45, 2.75) is 39.2 Å². The van der Waals surface area contributed by atoms with Crippen LogP contribution in [0, 0.1) is 5.92 Å². The van der Waals surface area contributed by atoms with Gasteiger partial charge in [-0.05, 0) is 63.8 Å². The van der Waals surface area contributed by atoms with Gasteiger partial charge in [0.05, 0.1) is 6.54 Å². The Kier molecular flexibility index (Phi) is 5.99. The minimum Gasteiger partial charge on any atom is -0.338 e. The lowest BCUT2D eigenvalue weighted by molar-refractivity contribution is 0.155. The van der Waals surface area contributed by atoms with Crippen LogP contribution in [0.15, 0.2) is 28.8 Å². The zero-order valence-corrected chi connectivity index (χ0v) is 14.8. The van der Waals surface area contributed by atoms with Gasteiger partial charge in [-0.15, -0.1) is 0 Å². The number of nitrogens with zero attached hydrogens (tertiary/aromatic N) is 3. The fourth-order valence-corrected chi connectivity index (χ4v) is 3.30. The predicted octanol–water partition coefficient (Wildman–Crippen LogP) is 3.12. The second-order valence-corrected chi connectivity index (χ2v) is 6.67. The van der Waals surface area contributed by atoms with Crippen LogP contribution in [-0.4, -0.2) is 41.7 Å². The van der Waals surface area contributed by atoms with E-state index in [-0.39, 0.29) is 0 Å². The maximum absolute atomic E-state index is 5.46. The van der Waals surface area contributed by atoms with Crippen LogP contribution in [0.25, 0.3) is 11.4 Å². The molecular formula is C19H28N4O. The normalized spacial score (nSPS) is 16.6. The Hall–Kier alpha value is -1.72. The van der Waals surface area contributed by atoms with Crippen LogP contribution in [-0.2, 0) is 13.0 Å². The highest BCUT2D eigenvalue weighted by molar-refractivity contribution is 5.54. The van der Waals surface area contributed by atoms with E-state index in [2.05, 4.69) is 51.5 Å². The molecule has 1 aromatic heterocycles. The SMILES string of the molecule is CCc1ccc(-c2noc(CN3CCC(CCNC)CC3)n2)cc1. The van der Waals surface area contributed by atoms with Crippen LogP contribution in [0.2, 0.25) is 0 Å². The third-order valence-electron chi connectivity index (χ3n) is 4.96. The standard InChI is InChI=1S/C19H28N4O/c1-3-15-4-6-17(7-5-15)19-21-18(24-22-19)14-23-12-9-16(10-13-23)8-11-20-2/h4-7,16,20H,3,8-14H2,1-2H3. The van der Waals surface area contributed by atoms with Crippen molar-refractivity contribution < 1.29 is 4.52 Å². The number of likely N-dealkylation sites (tertiary alicyclic amines) is 1. The first-order valence-corrected chi connectivity index (χ1v) is 9.07. The lowest BCUT2D eigenvalue weighted by Gasteiger charge is -2.30. The summed E-state index contributed by atoms with van der Waals surface area (Å²) in [5, 5.41) is 7.39. The van der Waals surface area contributed by atoms with Crippen molar-refractivity contribution in [1.82, 2.24) is 20.4 Å². The summed E-state index contributed by atoms with van der Waals surface area (Å²) in [6, 6.07) is 8.39. The third-order valence-corrected chi connectivity index (χ3v) is 4.96. The maximum Gasteiger partial charge on any atom is 0.241 e. The summed E-state index contributed by atoms with van der Waals surface area (Å²) >= 11 is 0. The van der Waals surface area contributed by atoms with Crippen LogP contribution in [0.5, 0.6) is 0 Å². The number of piperidine rings is 1. The Morgan fingerprint density at radius 3 is 2.62 bits per heavy atom. The molecule has 0 saturated carbocycles. The molecule has 0 bridgehead atoms. The van der Waals surface area contributed by atoms with Gasteiger partial charge in [-0.3, -0.25) is 4.90 Å². The first kappa shape index (κ1) is 17.1. The van der Waals surface area contributed by atoms with Crippen LogP contribution in [0.1, 0.15) is 37.6 Å². The Balaban J connectivity index is 1.53. The second-order valence-electron chi connectivity index (χ2n) is 6.67. The number of hydrogen-bond acceptors (Lipinski definition) is 5. The predicted molar refractivity (Wildman–Crippen MR) is 95.7 cm³/mol. The molecule has 0 atom stereocenters. The molecule has 5 nitrogen and oxygen atoms in total. The van der Waals surface area contributed by atoms with Crippen LogP contribution < -0.4 is 5.32 Å². The quantitative estimate of drug-likeness (QED) is 0.846. The van der Waals surface area contributed by atoms with Crippen LogP contribution in [0.4, 0.5) is 0 Å². The van der Waals surface area contributed by atoms with Gasteiger partial charge in [0.1, 0.15) is 0 Å². The monoisotopic (exact) mass is 328 g/mol. The number of rotatable bonds is 7. The van der Waals surface area contributed by atoms with E-state index in [4.69, 9.17) is 4.52 Å². The number of benzene rings is 1. The molecular weight excluding hydrogens is 300 g/mol. The van der Waals surface area contributed by atoms with Gasteiger partial charge in [0.2, 0.25) is 11.7 Å². The summed E-state index contributed by atoms with van der Waals surface area (Å²) in [6.45, 7) is 6.28. The zero-order valence-electron chi connectivity index (χ0n) is 14.8. The molecule has 3 rings (SSSR count). The first-order chi connectivity index (χ1) is 11.8. The largest absolute Gasteiger partial charge is 0.338 e. The first-order valence-electron chi connectivity index (χ1n) is 9.07. The second kappa shape index (κ2) is 8.40. The molecule has 1 aromatic carbocycles. The molecule has 2 aromatic rings. The highest BCUT2D eigenvalue weighted by Gasteiger charge is 2.20. The third kappa shape index (κ3) is 4.42. The summed E-state index contributed by atoms with van der Waals surface area (Å²) in [6.07, 6.45) is 4.85. The topological polar surface area (TPSA) is 54.2 Å². The van der Waals surface area contributed by atoms with E-state index in [0.29, 0.717) is 5.82 Å². The highest BCUT2D eigenvalue weighted by atomic mass is 16.5. The van der Waals surface area contributed by atoms with Crippen molar-refractivity contribution in [3.05, 3.63) is 35.7 Å². The van der Waals surface area contributed by atoms with Crippen molar-refractivity contribution in [1.29, 1.82) is 0 Å². The fourth-order valence-electron chi connectivity index (χ4n) is 3.30. The Labute approximate surface area is 144 Å². The van der Waals surface area contributed by atoms with Crippen LogP contribution in [0.3, 0.4) is 0 Å². The Morgan fingerprint density at radius 2 is 1.96 bits per heavy atom. The van der Waals surface area contributed by atoms with Gasteiger partial charge in [0.25, 0.3) is 0 Å². The Bertz CT molecular complexity index is 615. The van der Waals surface area contributed by atoms with E-state index in [9.17, 15) is 0 Å². The molecule has 0 radical (unpaired) electrons. The Morgan fingerprint density at radius 1 is 1.21 bits per heavy atom. The summed E-state index contributed by atoms with van der Waals surface area (Å²) in [5.74, 6) is 2.26. The number of nitrogens with one attached hydrogen (secondary N) is 1. The molecule has 2 heterocycles. The van der Waals surface area contributed by atoms with Crippen molar-refractivity contribution in [2.24, 2.45) is 5.92 Å². The summed E-state index contributed by atoms with van der Waals surface area (Å²) in [5.41, 5.74) is 2.34. The molecule has 1 aliphatic rings. The smallest absolute Gasteiger partial charge is 0.241 e. The van der Waals surface area contributed by atoms with E-state index in [0.717, 1.165) is 50.0 Å². The van der Waals surface area contributed by atoms with E-state index in [1.165, 1.54) is 24.8 Å². The minimum absolute atomic E-state index is 0.691. The highest BCUT2D eigenvalue weighted by Crippen LogP contribution is 2.22. The molecule has 0 aliphatic carbocycles. The van der Waals surface area contributed by atoms with Gasteiger partial charge >= 0.3 is 0 Å². The average molecular weight is 328 g/mol. The van der Waals surface area contributed by atoms with Gasteiger partial charge in [0.15, 0.2) is 0 Å². The van der Waals surface area contributed by atoms with Gasteiger partial charge in [-0.1, -0.05) is 36.3 Å². The molecule has 1 saturated heterocycles. The van der Waals surface area contributed by atoms with Crippen molar-refractivity contribution in [3.8, 4) is 11.4 Å². The molecule has 130 valence electrons. The molecule has 1 aliphatic heterocycles. The average Bonchev–Trinajstić information content (AvgIpc) is 3.10. The molecule has 0 spiro atoms. The summed E-state index contributed by atoms with van der Waals surface area (Å²) in [7, 11) is 2.03. The van der Waals surface area contributed by atoms with Crippen molar-refractivity contribution in [3.63, 3.8) is 0 Å². The van der Waals surface area contributed by atoms with Crippen LogP contribution >= 0.6 is 0 Å². The van der Waals surface area contributed by atoms with Gasteiger partial charge in [0, 0.05) is 5.56 Å². The number of aromatic nitrogens is 2. The number of aryl methyl sites for hydroxylation is 1. The van der Waals surface area contributed by atoms with E-state index >= 15 is 0 Å². The minimum atomic E-state index is 0.691. The summed E-state index contributed by atoms with van der Waals surface area (Å²) < 4.78 is 5.46. The van der Waals surface area contributed by atoms with Gasteiger partial charge < -0.3 is 9.84 Å². The van der Waals surface area contributed by atoms with Crippen molar-refractivity contribution >= 4 is 0 Å². The lowest BCUT2D eigenvalue weighted by atomic mass is 9.93. The molecule has 0 unspecified atom stereocenters. The molecule has 0 amide bonds. The fraction of sp³-hybridized carbons (Fsp3) is 0.579.